The summed E-state index contributed by atoms with van der Waals surface area (Å²) in [4.78, 5) is 23.7. The van der Waals surface area contributed by atoms with Crippen molar-refractivity contribution in [1.29, 1.82) is 0 Å². The van der Waals surface area contributed by atoms with E-state index in [0.29, 0.717) is 46.5 Å². The molecular formula is C22H24BrCl2N3O4. The van der Waals surface area contributed by atoms with Crippen LogP contribution in [-0.4, -0.2) is 37.3 Å². The second-order valence-corrected chi connectivity index (χ2v) is 8.63. The Balaban J connectivity index is 1.92. The standard InChI is InChI=1S/C22H24BrCl2N3O4/c1-14(2)31-10-4-9-26-21(29)22(30)28-27-12-15-11-16(23)7-8-20(15)32-13-17-18(24)5-3-6-19(17)25/h3,5-8,11-12,14H,4,9-10,13H2,1-2H3,(H,26,29)(H,28,30)/b27-12-. The van der Waals surface area contributed by atoms with Crippen molar-refractivity contribution in [3.63, 3.8) is 0 Å². The maximum Gasteiger partial charge on any atom is 0.329 e. The highest BCUT2D eigenvalue weighted by molar-refractivity contribution is 9.10. The third-order valence-corrected chi connectivity index (χ3v) is 5.24. The van der Waals surface area contributed by atoms with Gasteiger partial charge in [0.25, 0.3) is 0 Å². The molecule has 2 aromatic rings. The number of hydrogen-bond acceptors (Lipinski definition) is 5. The van der Waals surface area contributed by atoms with Crippen molar-refractivity contribution < 1.29 is 19.1 Å². The molecule has 0 saturated carbocycles. The summed E-state index contributed by atoms with van der Waals surface area (Å²) in [6.45, 7) is 4.84. The lowest BCUT2D eigenvalue weighted by molar-refractivity contribution is -0.139. The maximum atomic E-state index is 11.9. The molecule has 2 amide bonds. The smallest absolute Gasteiger partial charge is 0.329 e. The fraction of sp³-hybridized carbons (Fsp3) is 0.318. The van der Waals surface area contributed by atoms with Gasteiger partial charge in [-0.2, -0.15) is 5.10 Å². The molecule has 0 aliphatic carbocycles. The van der Waals surface area contributed by atoms with Gasteiger partial charge in [0.2, 0.25) is 0 Å². The molecule has 172 valence electrons. The number of carbonyl (C=O) groups is 2. The summed E-state index contributed by atoms with van der Waals surface area (Å²) in [6.07, 6.45) is 2.11. The van der Waals surface area contributed by atoms with Gasteiger partial charge in [0.1, 0.15) is 12.4 Å². The SMILES string of the molecule is CC(C)OCCCNC(=O)C(=O)N/N=C\c1cc(Br)ccc1OCc1c(Cl)cccc1Cl. The number of nitrogens with one attached hydrogen (secondary N) is 2. The molecule has 0 saturated heterocycles. The normalized spacial score (nSPS) is 11.1. The van der Waals surface area contributed by atoms with Crippen LogP contribution in [0, 0.1) is 0 Å². The van der Waals surface area contributed by atoms with Crippen molar-refractivity contribution in [3.05, 3.63) is 62.0 Å². The van der Waals surface area contributed by atoms with Crippen molar-refractivity contribution >= 4 is 57.2 Å². The summed E-state index contributed by atoms with van der Waals surface area (Å²) in [6, 6.07) is 10.5. The zero-order valence-electron chi connectivity index (χ0n) is 17.7. The number of rotatable bonds is 10. The second-order valence-electron chi connectivity index (χ2n) is 6.90. The minimum absolute atomic E-state index is 0.122. The van der Waals surface area contributed by atoms with Gasteiger partial charge in [-0.25, -0.2) is 5.43 Å². The fourth-order valence-corrected chi connectivity index (χ4v) is 3.34. The molecule has 0 bridgehead atoms. The first-order chi connectivity index (χ1) is 15.3. The molecular weight excluding hydrogens is 521 g/mol. The Morgan fingerprint density at radius 2 is 1.88 bits per heavy atom. The van der Waals surface area contributed by atoms with E-state index in [9.17, 15) is 9.59 Å². The van der Waals surface area contributed by atoms with Crippen LogP contribution >= 0.6 is 39.1 Å². The molecule has 0 unspecified atom stereocenters. The van der Waals surface area contributed by atoms with E-state index in [0.717, 1.165) is 4.47 Å². The van der Waals surface area contributed by atoms with Crippen molar-refractivity contribution in [1.82, 2.24) is 10.7 Å². The number of hydrogen-bond donors (Lipinski definition) is 2. The van der Waals surface area contributed by atoms with Crippen LogP contribution in [0.15, 0.2) is 46.0 Å². The highest BCUT2D eigenvalue weighted by Gasteiger charge is 2.12. The van der Waals surface area contributed by atoms with E-state index in [2.05, 4.69) is 31.8 Å². The number of halogens is 3. The molecule has 0 fully saturated rings. The van der Waals surface area contributed by atoms with Crippen LogP contribution in [0.1, 0.15) is 31.4 Å². The summed E-state index contributed by atoms with van der Waals surface area (Å²) in [7, 11) is 0. The second kappa shape index (κ2) is 13.4. The minimum Gasteiger partial charge on any atom is -0.488 e. The quantitative estimate of drug-likeness (QED) is 0.196. The van der Waals surface area contributed by atoms with Crippen molar-refractivity contribution in [3.8, 4) is 5.75 Å². The van der Waals surface area contributed by atoms with Gasteiger partial charge in [-0.15, -0.1) is 0 Å². The molecule has 0 spiro atoms. The van der Waals surface area contributed by atoms with Crippen LogP contribution < -0.4 is 15.5 Å². The number of carbonyl (C=O) groups excluding carboxylic acids is 2. The maximum absolute atomic E-state index is 11.9. The van der Waals surface area contributed by atoms with Crippen LogP contribution in [-0.2, 0) is 20.9 Å². The van der Waals surface area contributed by atoms with E-state index in [1.54, 1.807) is 36.4 Å². The molecule has 0 heterocycles. The summed E-state index contributed by atoms with van der Waals surface area (Å²) in [5.74, 6) is -1.14. The summed E-state index contributed by atoms with van der Waals surface area (Å²) >= 11 is 15.8. The Morgan fingerprint density at radius 1 is 1.16 bits per heavy atom. The average Bonchev–Trinajstić information content (AvgIpc) is 2.74. The monoisotopic (exact) mass is 543 g/mol. The van der Waals surface area contributed by atoms with Gasteiger partial charge in [-0.3, -0.25) is 9.59 Å². The van der Waals surface area contributed by atoms with Gasteiger partial charge in [0.05, 0.1) is 12.3 Å². The van der Waals surface area contributed by atoms with Crippen LogP contribution in [0.3, 0.4) is 0 Å². The lowest BCUT2D eigenvalue weighted by atomic mass is 10.2. The lowest BCUT2D eigenvalue weighted by Crippen LogP contribution is -2.38. The molecule has 0 radical (unpaired) electrons. The molecule has 2 aromatic carbocycles. The van der Waals surface area contributed by atoms with E-state index in [1.165, 1.54) is 6.21 Å². The van der Waals surface area contributed by atoms with E-state index in [4.69, 9.17) is 32.7 Å². The topological polar surface area (TPSA) is 89.0 Å². The summed E-state index contributed by atoms with van der Waals surface area (Å²) in [5, 5.41) is 7.37. The first-order valence-electron chi connectivity index (χ1n) is 9.86. The van der Waals surface area contributed by atoms with Gasteiger partial charge in [0.15, 0.2) is 0 Å². The molecule has 0 aliphatic rings. The molecule has 10 heteroatoms. The number of amides is 2. The van der Waals surface area contributed by atoms with Gasteiger partial charge in [0, 0.05) is 38.8 Å². The highest BCUT2D eigenvalue weighted by atomic mass is 79.9. The lowest BCUT2D eigenvalue weighted by Gasteiger charge is -2.12. The fourth-order valence-electron chi connectivity index (χ4n) is 2.46. The number of hydrazone groups is 1. The first-order valence-corrected chi connectivity index (χ1v) is 11.4. The molecule has 0 aromatic heterocycles. The Kier molecular flexibility index (Phi) is 11.0. The van der Waals surface area contributed by atoms with Crippen LogP contribution in [0.4, 0.5) is 0 Å². The van der Waals surface area contributed by atoms with Crippen LogP contribution in [0.5, 0.6) is 5.75 Å². The molecule has 0 aliphatic heterocycles. The number of nitrogens with zero attached hydrogens (tertiary/aromatic N) is 1. The Hall–Kier alpha value is -2.13. The first kappa shape index (κ1) is 26.1. The molecule has 2 rings (SSSR count). The summed E-state index contributed by atoms with van der Waals surface area (Å²) in [5.41, 5.74) is 3.44. The predicted molar refractivity (Wildman–Crippen MR) is 129 cm³/mol. The van der Waals surface area contributed by atoms with E-state index < -0.39 is 11.8 Å². The van der Waals surface area contributed by atoms with Gasteiger partial charge in [-0.1, -0.05) is 45.2 Å². The highest BCUT2D eigenvalue weighted by Crippen LogP contribution is 2.27. The third kappa shape index (κ3) is 8.78. The zero-order chi connectivity index (χ0) is 23.5. The molecule has 32 heavy (non-hydrogen) atoms. The number of benzene rings is 2. The van der Waals surface area contributed by atoms with Crippen molar-refractivity contribution in [2.75, 3.05) is 13.2 Å². The molecule has 0 atom stereocenters. The third-order valence-electron chi connectivity index (χ3n) is 4.04. The van der Waals surface area contributed by atoms with Crippen LogP contribution in [0.25, 0.3) is 0 Å². The predicted octanol–water partition coefficient (Wildman–Crippen LogP) is 4.72. The van der Waals surface area contributed by atoms with E-state index >= 15 is 0 Å². The largest absolute Gasteiger partial charge is 0.488 e. The minimum atomic E-state index is -0.869. The Morgan fingerprint density at radius 3 is 2.56 bits per heavy atom. The average molecular weight is 545 g/mol. The van der Waals surface area contributed by atoms with E-state index in [1.807, 2.05) is 13.8 Å². The molecule has 2 N–H and O–H groups in total. The van der Waals surface area contributed by atoms with Gasteiger partial charge in [-0.05, 0) is 50.6 Å². The Bertz CT molecular complexity index is 950. The van der Waals surface area contributed by atoms with Crippen molar-refractivity contribution in [2.24, 2.45) is 5.10 Å². The molecule has 7 nitrogen and oxygen atoms in total. The van der Waals surface area contributed by atoms with Gasteiger partial charge < -0.3 is 14.8 Å². The Labute approximate surface area is 205 Å². The van der Waals surface area contributed by atoms with Crippen molar-refractivity contribution in [2.45, 2.75) is 33.0 Å². The van der Waals surface area contributed by atoms with E-state index in [-0.39, 0.29) is 12.7 Å². The zero-order valence-corrected chi connectivity index (χ0v) is 20.8. The number of ether oxygens (including phenoxy) is 2. The van der Waals surface area contributed by atoms with Crippen LogP contribution in [0.2, 0.25) is 10.0 Å². The summed E-state index contributed by atoms with van der Waals surface area (Å²) < 4.78 is 12.0. The van der Waals surface area contributed by atoms with Gasteiger partial charge >= 0.3 is 11.8 Å².